The number of terminal acetylenes is 1. The molecule has 0 fully saturated rings. The summed E-state index contributed by atoms with van der Waals surface area (Å²) < 4.78 is 0. The fourth-order valence-corrected chi connectivity index (χ4v) is 1.52. The summed E-state index contributed by atoms with van der Waals surface area (Å²) in [5, 5.41) is 12.6. The Bertz CT molecular complexity index is 241. The number of nitrogens with one attached hydrogen (secondary N) is 1. The van der Waals surface area contributed by atoms with E-state index in [1.807, 2.05) is 6.92 Å². The summed E-state index contributed by atoms with van der Waals surface area (Å²) in [5.41, 5.74) is -0.788. The Kier molecular flexibility index (Phi) is 7.66. The second-order valence-corrected chi connectivity index (χ2v) is 4.43. The second kappa shape index (κ2) is 8.18. The Morgan fingerprint density at radius 1 is 1.50 bits per heavy atom. The first-order chi connectivity index (χ1) is 7.52. The summed E-state index contributed by atoms with van der Waals surface area (Å²) in [6.07, 6.45) is 9.63. The zero-order valence-corrected chi connectivity index (χ0v) is 10.4. The summed E-state index contributed by atoms with van der Waals surface area (Å²) in [7, 11) is 0. The first-order valence-electron chi connectivity index (χ1n) is 5.94. The van der Waals surface area contributed by atoms with E-state index in [1.54, 1.807) is 6.92 Å². The number of unbranched alkanes of at least 4 members (excludes halogenated alkanes) is 2. The van der Waals surface area contributed by atoms with E-state index in [-0.39, 0.29) is 5.91 Å². The van der Waals surface area contributed by atoms with Gasteiger partial charge in [0.25, 0.3) is 0 Å². The van der Waals surface area contributed by atoms with Crippen LogP contribution in [-0.2, 0) is 4.79 Å². The van der Waals surface area contributed by atoms with Crippen LogP contribution in [-0.4, -0.2) is 23.2 Å². The van der Waals surface area contributed by atoms with E-state index in [1.165, 1.54) is 0 Å². The molecule has 1 atom stereocenters. The van der Waals surface area contributed by atoms with Gasteiger partial charge in [0.1, 0.15) is 0 Å². The predicted octanol–water partition coefficient (Wildman–Crippen LogP) is 1.85. The molecule has 1 unspecified atom stereocenters. The van der Waals surface area contributed by atoms with Gasteiger partial charge in [-0.25, -0.2) is 0 Å². The number of carbonyl (C=O) groups is 1. The lowest BCUT2D eigenvalue weighted by atomic mass is 10.0. The number of amides is 1. The largest absolute Gasteiger partial charge is 0.388 e. The van der Waals surface area contributed by atoms with Gasteiger partial charge in [0.15, 0.2) is 0 Å². The highest BCUT2D eigenvalue weighted by atomic mass is 16.3. The van der Waals surface area contributed by atoms with Crippen LogP contribution in [0.2, 0.25) is 0 Å². The van der Waals surface area contributed by atoms with Gasteiger partial charge >= 0.3 is 0 Å². The maximum Gasteiger partial charge on any atom is 0.220 e. The maximum absolute atomic E-state index is 11.4. The van der Waals surface area contributed by atoms with E-state index < -0.39 is 5.60 Å². The van der Waals surface area contributed by atoms with Gasteiger partial charge in [-0.15, -0.1) is 12.3 Å². The molecule has 2 N–H and O–H groups in total. The molecular formula is C13H23NO2. The molecule has 0 aliphatic heterocycles. The molecule has 0 aromatic rings. The fourth-order valence-electron chi connectivity index (χ4n) is 1.52. The van der Waals surface area contributed by atoms with E-state index in [9.17, 15) is 9.90 Å². The van der Waals surface area contributed by atoms with Gasteiger partial charge in [0.2, 0.25) is 5.91 Å². The average Bonchev–Trinajstić information content (AvgIpc) is 2.22. The molecule has 0 aliphatic rings. The number of hydrogen-bond donors (Lipinski definition) is 2. The minimum Gasteiger partial charge on any atom is -0.388 e. The molecule has 1 amide bonds. The summed E-state index contributed by atoms with van der Waals surface area (Å²) >= 11 is 0. The summed E-state index contributed by atoms with van der Waals surface area (Å²) in [5.74, 6) is 2.54. The van der Waals surface area contributed by atoms with Crippen molar-refractivity contribution in [1.29, 1.82) is 0 Å². The van der Waals surface area contributed by atoms with Gasteiger partial charge in [-0.2, -0.15) is 0 Å². The average molecular weight is 225 g/mol. The molecule has 0 heterocycles. The topological polar surface area (TPSA) is 49.3 Å². The van der Waals surface area contributed by atoms with E-state index >= 15 is 0 Å². The smallest absolute Gasteiger partial charge is 0.220 e. The highest BCUT2D eigenvalue weighted by molar-refractivity contribution is 5.75. The zero-order chi connectivity index (χ0) is 12.4. The van der Waals surface area contributed by atoms with Crippen molar-refractivity contribution in [3.63, 3.8) is 0 Å². The molecule has 3 heteroatoms. The van der Waals surface area contributed by atoms with Crippen LogP contribution in [0.25, 0.3) is 0 Å². The highest BCUT2D eigenvalue weighted by Gasteiger charge is 2.19. The van der Waals surface area contributed by atoms with Crippen LogP contribution in [0.5, 0.6) is 0 Å². The quantitative estimate of drug-likeness (QED) is 0.489. The first-order valence-corrected chi connectivity index (χ1v) is 5.94. The third-order valence-corrected chi connectivity index (χ3v) is 2.43. The van der Waals surface area contributed by atoms with Crippen LogP contribution in [0.1, 0.15) is 52.4 Å². The van der Waals surface area contributed by atoms with Crippen molar-refractivity contribution >= 4 is 5.91 Å². The molecule has 0 rings (SSSR count). The van der Waals surface area contributed by atoms with Crippen LogP contribution in [0.4, 0.5) is 0 Å². The van der Waals surface area contributed by atoms with Crippen LogP contribution in [0.15, 0.2) is 0 Å². The van der Waals surface area contributed by atoms with E-state index in [0.29, 0.717) is 19.4 Å². The van der Waals surface area contributed by atoms with Gasteiger partial charge < -0.3 is 10.4 Å². The van der Waals surface area contributed by atoms with Crippen molar-refractivity contribution in [2.24, 2.45) is 0 Å². The third kappa shape index (κ3) is 8.31. The van der Waals surface area contributed by atoms with Crippen molar-refractivity contribution in [2.75, 3.05) is 6.54 Å². The van der Waals surface area contributed by atoms with Crippen molar-refractivity contribution in [3.05, 3.63) is 0 Å². The molecule has 0 aromatic heterocycles. The molecule has 0 aromatic carbocycles. The lowest BCUT2D eigenvalue weighted by molar-refractivity contribution is -0.122. The molecule has 92 valence electrons. The molecular weight excluding hydrogens is 202 g/mol. The number of hydrogen-bond acceptors (Lipinski definition) is 2. The molecule has 0 radical (unpaired) electrons. The molecule has 0 aliphatic carbocycles. The summed E-state index contributed by atoms with van der Waals surface area (Å²) in [4.78, 5) is 11.4. The van der Waals surface area contributed by atoms with Crippen LogP contribution >= 0.6 is 0 Å². The van der Waals surface area contributed by atoms with Gasteiger partial charge in [-0.1, -0.05) is 13.3 Å². The summed E-state index contributed by atoms with van der Waals surface area (Å²) in [6, 6.07) is 0. The number of carbonyl (C=O) groups excluding carboxylic acids is 1. The van der Waals surface area contributed by atoms with Crippen molar-refractivity contribution in [3.8, 4) is 12.3 Å². The SMILES string of the molecule is C#CCCCCC(=O)NCC(C)(O)CCC. The first kappa shape index (κ1) is 15.0. The highest BCUT2D eigenvalue weighted by Crippen LogP contribution is 2.10. The van der Waals surface area contributed by atoms with E-state index in [2.05, 4.69) is 11.2 Å². The zero-order valence-electron chi connectivity index (χ0n) is 10.4. The van der Waals surface area contributed by atoms with Crippen LogP contribution in [0.3, 0.4) is 0 Å². The van der Waals surface area contributed by atoms with Crippen molar-refractivity contribution in [2.45, 2.75) is 58.0 Å². The van der Waals surface area contributed by atoms with Gasteiger partial charge in [-0.3, -0.25) is 4.79 Å². The van der Waals surface area contributed by atoms with Crippen molar-refractivity contribution in [1.82, 2.24) is 5.32 Å². The summed E-state index contributed by atoms with van der Waals surface area (Å²) in [6.45, 7) is 4.08. The predicted molar refractivity (Wildman–Crippen MR) is 65.8 cm³/mol. The molecule has 0 saturated heterocycles. The Morgan fingerprint density at radius 2 is 2.19 bits per heavy atom. The fraction of sp³-hybridized carbons (Fsp3) is 0.769. The lowest BCUT2D eigenvalue weighted by Crippen LogP contribution is -2.40. The van der Waals surface area contributed by atoms with Crippen LogP contribution in [0, 0.1) is 12.3 Å². The molecule has 0 saturated carbocycles. The minimum atomic E-state index is -0.788. The monoisotopic (exact) mass is 225 g/mol. The number of aliphatic hydroxyl groups is 1. The standard InChI is InChI=1S/C13H23NO2/c1-4-6-7-8-9-12(15)14-11-13(3,16)10-5-2/h1,16H,5-11H2,2-3H3,(H,14,15). The lowest BCUT2D eigenvalue weighted by Gasteiger charge is -2.22. The number of rotatable bonds is 8. The Balaban J connectivity index is 3.61. The molecule has 0 bridgehead atoms. The second-order valence-electron chi connectivity index (χ2n) is 4.43. The normalized spacial score (nSPS) is 13.9. The third-order valence-electron chi connectivity index (χ3n) is 2.43. The Labute approximate surface area is 98.6 Å². The van der Waals surface area contributed by atoms with Gasteiger partial charge in [-0.05, 0) is 26.2 Å². The minimum absolute atomic E-state index is 0.00611. The molecule has 16 heavy (non-hydrogen) atoms. The van der Waals surface area contributed by atoms with E-state index in [0.717, 1.165) is 25.7 Å². The maximum atomic E-state index is 11.4. The van der Waals surface area contributed by atoms with E-state index in [4.69, 9.17) is 6.42 Å². The van der Waals surface area contributed by atoms with Crippen molar-refractivity contribution < 1.29 is 9.90 Å². The molecule has 0 spiro atoms. The molecule has 3 nitrogen and oxygen atoms in total. The van der Waals surface area contributed by atoms with Gasteiger partial charge in [0, 0.05) is 19.4 Å². The Hall–Kier alpha value is -1.01. The Morgan fingerprint density at radius 3 is 2.75 bits per heavy atom. The van der Waals surface area contributed by atoms with Gasteiger partial charge in [0.05, 0.1) is 5.60 Å². The van der Waals surface area contributed by atoms with Crippen LogP contribution < -0.4 is 5.32 Å².